The van der Waals surface area contributed by atoms with E-state index in [-0.39, 0.29) is 16.9 Å². The van der Waals surface area contributed by atoms with Crippen molar-refractivity contribution in [2.45, 2.75) is 13.3 Å². The molecule has 0 radical (unpaired) electrons. The second-order valence-electron chi connectivity index (χ2n) is 8.06. The first-order chi connectivity index (χ1) is 15.0. The van der Waals surface area contributed by atoms with Gasteiger partial charge in [0.25, 0.3) is 11.1 Å². The van der Waals surface area contributed by atoms with Gasteiger partial charge in [0.15, 0.2) is 5.78 Å². The smallest absolute Gasteiger partial charge is 0.303 e. The van der Waals surface area contributed by atoms with Crippen molar-refractivity contribution in [3.05, 3.63) is 76.3 Å². The van der Waals surface area contributed by atoms with E-state index in [0.717, 1.165) is 22.1 Å². The van der Waals surface area contributed by atoms with Crippen LogP contribution < -0.4 is 22.5 Å². The first-order valence-corrected chi connectivity index (χ1v) is 10.3. The van der Waals surface area contributed by atoms with Crippen LogP contribution in [-0.4, -0.2) is 48.6 Å². The SMILES string of the molecule is CCCN1C/C(=C\c2cn(C)c(=O)n(C)c2=O)C(=O)/C(=C/c2cn(C)c(=O)n(C)c2=O)C1. The standard InChI is InChI=1S/C22H27N5O5/c1-6-7-27-12-14(8-16-10-23(2)21(31)25(4)19(16)29)18(28)15(13-27)9-17-11-24(3)22(32)26(5)20(17)30/h8-11H,6-7,12-13H2,1-5H3/b14-8+,15-9+. The average molecular weight is 441 g/mol. The van der Waals surface area contributed by atoms with Crippen molar-refractivity contribution >= 4 is 17.9 Å². The predicted octanol–water partition coefficient (Wildman–Crippen LogP) is -0.757. The molecule has 10 heteroatoms. The number of nitrogens with zero attached hydrogens (tertiary/aromatic N) is 5. The molecule has 0 N–H and O–H groups in total. The second kappa shape index (κ2) is 8.91. The van der Waals surface area contributed by atoms with Gasteiger partial charge in [-0.15, -0.1) is 0 Å². The van der Waals surface area contributed by atoms with Crippen LogP contribution in [0.25, 0.3) is 12.2 Å². The Morgan fingerprint density at radius 3 is 1.53 bits per heavy atom. The third-order valence-electron chi connectivity index (χ3n) is 5.52. The highest BCUT2D eigenvalue weighted by Gasteiger charge is 2.26. The molecule has 0 amide bonds. The molecular weight excluding hydrogens is 414 g/mol. The van der Waals surface area contributed by atoms with Gasteiger partial charge in [0.05, 0.1) is 11.1 Å². The molecule has 0 atom stereocenters. The van der Waals surface area contributed by atoms with Gasteiger partial charge in [0.1, 0.15) is 0 Å². The lowest BCUT2D eigenvalue weighted by molar-refractivity contribution is -0.113. The lowest BCUT2D eigenvalue weighted by Crippen LogP contribution is -2.40. The third kappa shape index (κ3) is 4.26. The summed E-state index contributed by atoms with van der Waals surface area (Å²) in [4.78, 5) is 64.3. The number of rotatable bonds is 4. The summed E-state index contributed by atoms with van der Waals surface area (Å²) in [5.41, 5.74) is -0.627. The molecule has 0 aliphatic carbocycles. The van der Waals surface area contributed by atoms with E-state index in [1.807, 2.05) is 6.92 Å². The number of ketones is 1. The summed E-state index contributed by atoms with van der Waals surface area (Å²) in [6, 6.07) is 0. The molecule has 3 heterocycles. The second-order valence-corrected chi connectivity index (χ2v) is 8.06. The molecule has 0 bridgehead atoms. The number of Topliss-reactive ketones (excluding diaryl/α,β-unsaturated/α-hetero) is 1. The molecule has 1 fully saturated rings. The summed E-state index contributed by atoms with van der Waals surface area (Å²) in [6.45, 7) is 3.44. The fourth-order valence-electron chi connectivity index (χ4n) is 3.83. The van der Waals surface area contributed by atoms with Gasteiger partial charge in [-0.3, -0.25) is 28.4 Å². The lowest BCUT2D eigenvalue weighted by atomic mass is 9.95. The highest BCUT2D eigenvalue weighted by atomic mass is 16.2. The van der Waals surface area contributed by atoms with Gasteiger partial charge in [-0.25, -0.2) is 9.59 Å². The zero-order valence-electron chi connectivity index (χ0n) is 18.9. The zero-order chi connectivity index (χ0) is 23.7. The van der Waals surface area contributed by atoms with Crippen LogP contribution >= 0.6 is 0 Å². The van der Waals surface area contributed by atoms with E-state index in [0.29, 0.717) is 24.2 Å². The van der Waals surface area contributed by atoms with E-state index < -0.39 is 22.5 Å². The summed E-state index contributed by atoms with van der Waals surface area (Å²) in [7, 11) is 5.85. The van der Waals surface area contributed by atoms with E-state index in [9.17, 15) is 24.0 Å². The van der Waals surface area contributed by atoms with Gasteiger partial charge in [-0.2, -0.15) is 0 Å². The van der Waals surface area contributed by atoms with Crippen LogP contribution in [0.3, 0.4) is 0 Å². The predicted molar refractivity (Wildman–Crippen MR) is 122 cm³/mol. The molecule has 2 aromatic heterocycles. The maximum absolute atomic E-state index is 13.3. The van der Waals surface area contributed by atoms with Crippen molar-refractivity contribution < 1.29 is 4.79 Å². The fourth-order valence-corrected chi connectivity index (χ4v) is 3.83. The number of aryl methyl sites for hydroxylation is 2. The van der Waals surface area contributed by atoms with E-state index in [1.165, 1.54) is 61.9 Å². The fraction of sp³-hybridized carbons (Fsp3) is 0.409. The molecule has 0 unspecified atom stereocenters. The molecule has 32 heavy (non-hydrogen) atoms. The summed E-state index contributed by atoms with van der Waals surface area (Å²) in [5.74, 6) is -0.274. The summed E-state index contributed by atoms with van der Waals surface area (Å²) in [6.07, 6.45) is 6.71. The molecule has 10 nitrogen and oxygen atoms in total. The van der Waals surface area contributed by atoms with Crippen LogP contribution in [0.1, 0.15) is 24.5 Å². The number of aromatic nitrogens is 4. The maximum atomic E-state index is 13.3. The topological polar surface area (TPSA) is 108 Å². The number of carbonyl (C=O) groups is 1. The summed E-state index contributed by atoms with van der Waals surface area (Å²) in [5, 5.41) is 0. The van der Waals surface area contributed by atoms with Gasteiger partial charge < -0.3 is 9.13 Å². The van der Waals surface area contributed by atoms with E-state index in [4.69, 9.17) is 0 Å². The average Bonchev–Trinajstić information content (AvgIpc) is 2.75. The van der Waals surface area contributed by atoms with Gasteiger partial charge in [-0.05, 0) is 25.1 Å². The number of piperidine rings is 1. The Labute approximate surface area is 183 Å². The van der Waals surface area contributed by atoms with Crippen molar-refractivity contribution in [2.75, 3.05) is 19.6 Å². The summed E-state index contributed by atoms with van der Waals surface area (Å²) < 4.78 is 4.56. The Morgan fingerprint density at radius 1 is 0.750 bits per heavy atom. The van der Waals surface area contributed by atoms with Crippen LogP contribution in [0.15, 0.2) is 42.7 Å². The van der Waals surface area contributed by atoms with Crippen LogP contribution in [0.4, 0.5) is 0 Å². The quantitative estimate of drug-likeness (QED) is 0.578. The minimum atomic E-state index is -0.488. The molecule has 3 rings (SSSR count). The lowest BCUT2D eigenvalue weighted by Gasteiger charge is -2.29. The maximum Gasteiger partial charge on any atom is 0.330 e. The van der Waals surface area contributed by atoms with Crippen molar-refractivity contribution in [1.82, 2.24) is 23.2 Å². The third-order valence-corrected chi connectivity index (χ3v) is 5.52. The first kappa shape index (κ1) is 23.1. The Hall–Kier alpha value is -3.53. The minimum Gasteiger partial charge on any atom is -0.303 e. The van der Waals surface area contributed by atoms with Crippen molar-refractivity contribution in [3.63, 3.8) is 0 Å². The highest BCUT2D eigenvalue weighted by Crippen LogP contribution is 2.21. The Balaban J connectivity index is 2.15. The molecule has 2 aromatic rings. The van der Waals surface area contributed by atoms with Crippen molar-refractivity contribution in [2.24, 2.45) is 28.2 Å². The molecule has 0 saturated carbocycles. The van der Waals surface area contributed by atoms with E-state index >= 15 is 0 Å². The van der Waals surface area contributed by atoms with Crippen LogP contribution in [0, 0.1) is 0 Å². The number of hydrogen-bond donors (Lipinski definition) is 0. The van der Waals surface area contributed by atoms with Gasteiger partial charge in [0, 0.05) is 64.8 Å². The van der Waals surface area contributed by atoms with Crippen LogP contribution in [0.5, 0.6) is 0 Å². The van der Waals surface area contributed by atoms with Gasteiger partial charge in [0.2, 0.25) is 0 Å². The van der Waals surface area contributed by atoms with E-state index in [2.05, 4.69) is 4.90 Å². The van der Waals surface area contributed by atoms with E-state index in [1.54, 1.807) is 0 Å². The zero-order valence-corrected chi connectivity index (χ0v) is 18.9. The molecular formula is C22H27N5O5. The van der Waals surface area contributed by atoms with Gasteiger partial charge in [-0.1, -0.05) is 6.92 Å². The molecule has 1 aliphatic rings. The Kier molecular flexibility index (Phi) is 6.45. The van der Waals surface area contributed by atoms with Crippen LogP contribution in [-0.2, 0) is 33.0 Å². The largest absolute Gasteiger partial charge is 0.330 e. The monoisotopic (exact) mass is 441 g/mol. The molecule has 1 saturated heterocycles. The molecule has 0 spiro atoms. The number of hydrogen-bond acceptors (Lipinski definition) is 6. The number of likely N-dealkylation sites (tertiary alicyclic amines) is 1. The van der Waals surface area contributed by atoms with Crippen LogP contribution in [0.2, 0.25) is 0 Å². The summed E-state index contributed by atoms with van der Waals surface area (Å²) >= 11 is 0. The highest BCUT2D eigenvalue weighted by molar-refractivity contribution is 6.14. The first-order valence-electron chi connectivity index (χ1n) is 10.3. The normalized spacial score (nSPS) is 17.5. The Morgan fingerprint density at radius 2 is 1.16 bits per heavy atom. The number of carbonyl (C=O) groups excluding carboxylic acids is 1. The molecule has 170 valence electrons. The van der Waals surface area contributed by atoms with Crippen molar-refractivity contribution in [3.8, 4) is 0 Å². The minimum absolute atomic E-state index is 0.230. The Bertz CT molecular complexity index is 1280. The molecule has 0 aromatic carbocycles. The van der Waals surface area contributed by atoms with Gasteiger partial charge >= 0.3 is 11.4 Å². The molecule has 1 aliphatic heterocycles. The van der Waals surface area contributed by atoms with Crippen molar-refractivity contribution in [1.29, 1.82) is 0 Å².